The maximum absolute atomic E-state index is 10.8. The molecule has 0 fully saturated rings. The normalized spacial score (nSPS) is 10.1. The second kappa shape index (κ2) is 3.66. The summed E-state index contributed by atoms with van der Waals surface area (Å²) in [5.74, 6) is -0.549. The fourth-order valence-electron chi connectivity index (χ4n) is 1.07. The van der Waals surface area contributed by atoms with Gasteiger partial charge in [-0.05, 0) is 0 Å². The van der Waals surface area contributed by atoms with Crippen LogP contribution in [-0.4, -0.2) is 10.9 Å². The average Bonchev–Trinajstić information content (AvgIpc) is 2.68. The van der Waals surface area contributed by atoms with Crippen LogP contribution in [0.2, 0.25) is 0 Å². The summed E-state index contributed by atoms with van der Waals surface area (Å²) >= 11 is 1.31. The molecule has 1 amide bonds. The van der Waals surface area contributed by atoms with Crippen molar-refractivity contribution < 1.29 is 9.52 Å². The molecule has 0 atom stereocenters. The van der Waals surface area contributed by atoms with Crippen LogP contribution < -0.4 is 10.5 Å². The van der Waals surface area contributed by atoms with E-state index in [0.29, 0.717) is 9.74 Å². The third-order valence-corrected chi connectivity index (χ3v) is 2.70. The van der Waals surface area contributed by atoms with Crippen LogP contribution in [0, 0.1) is 5.21 Å². The Labute approximate surface area is 89.4 Å². The molecule has 6 heteroatoms. The van der Waals surface area contributed by atoms with Gasteiger partial charge in [0.2, 0.25) is 0 Å². The molecule has 0 aliphatic carbocycles. The van der Waals surface area contributed by atoms with Crippen molar-refractivity contribution in [3.63, 3.8) is 0 Å². The summed E-state index contributed by atoms with van der Waals surface area (Å²) in [6.07, 6.45) is 2.75. The predicted octanol–water partition coefficient (Wildman–Crippen LogP) is 0.542. The minimum Gasteiger partial charge on any atom is -0.619 e. The Bertz CT molecular complexity index is 492. The maximum atomic E-state index is 10.8. The van der Waals surface area contributed by atoms with Crippen LogP contribution in [0.3, 0.4) is 0 Å². The number of pyridine rings is 1. The van der Waals surface area contributed by atoms with Crippen molar-refractivity contribution in [1.29, 1.82) is 0 Å². The van der Waals surface area contributed by atoms with Crippen molar-refractivity contribution in [3.05, 3.63) is 40.8 Å². The Morgan fingerprint density at radius 1 is 1.47 bits per heavy atom. The fraction of sp³-hybridized carbons (Fsp3) is 0. The fourth-order valence-corrected chi connectivity index (χ4v) is 1.89. The highest BCUT2D eigenvalue weighted by atomic mass is 32.1. The quantitative estimate of drug-likeness (QED) is 0.593. The third kappa shape index (κ3) is 1.94. The Kier molecular flexibility index (Phi) is 2.34. The number of primary amides is 1. The van der Waals surface area contributed by atoms with Crippen LogP contribution in [0.25, 0.3) is 10.6 Å². The molecule has 0 aromatic carbocycles. The van der Waals surface area contributed by atoms with Gasteiger partial charge in [-0.2, -0.15) is 4.73 Å². The summed E-state index contributed by atoms with van der Waals surface area (Å²) in [7, 11) is 0. The molecule has 2 aromatic heterocycles. The van der Waals surface area contributed by atoms with Gasteiger partial charge < -0.3 is 10.9 Å². The van der Waals surface area contributed by atoms with Crippen molar-refractivity contribution in [2.45, 2.75) is 0 Å². The Morgan fingerprint density at radius 3 is 2.67 bits per heavy atom. The first-order chi connectivity index (χ1) is 7.16. The molecule has 0 saturated heterocycles. The topological polar surface area (TPSA) is 82.9 Å². The van der Waals surface area contributed by atoms with Gasteiger partial charge in [-0.1, -0.05) is 0 Å². The first-order valence-corrected chi connectivity index (χ1v) is 4.99. The Morgan fingerprint density at radius 2 is 2.13 bits per heavy atom. The number of nitrogens with two attached hydrogens (primary N) is 1. The lowest BCUT2D eigenvalue weighted by molar-refractivity contribution is -0.605. The van der Waals surface area contributed by atoms with E-state index in [1.54, 1.807) is 17.5 Å². The summed E-state index contributed by atoms with van der Waals surface area (Å²) in [5, 5.41) is 13.1. The van der Waals surface area contributed by atoms with Gasteiger partial charge in [0.1, 0.15) is 10.7 Å². The molecule has 76 valence electrons. The highest BCUT2D eigenvalue weighted by molar-refractivity contribution is 7.13. The number of nitrogens with zero attached hydrogens (tertiary/aromatic N) is 2. The van der Waals surface area contributed by atoms with Crippen LogP contribution in [-0.2, 0) is 0 Å². The van der Waals surface area contributed by atoms with Gasteiger partial charge >= 0.3 is 0 Å². The number of aromatic nitrogens is 2. The van der Waals surface area contributed by atoms with Crippen molar-refractivity contribution in [2.24, 2.45) is 5.73 Å². The van der Waals surface area contributed by atoms with Gasteiger partial charge in [0.15, 0.2) is 12.4 Å². The first kappa shape index (κ1) is 9.60. The molecular formula is C9H7N3O2S. The van der Waals surface area contributed by atoms with Crippen molar-refractivity contribution in [3.8, 4) is 10.6 Å². The van der Waals surface area contributed by atoms with Crippen LogP contribution in [0.1, 0.15) is 10.5 Å². The molecule has 0 radical (unpaired) electrons. The predicted molar refractivity (Wildman–Crippen MR) is 55.0 cm³/mol. The molecule has 0 spiro atoms. The molecule has 2 heterocycles. The van der Waals surface area contributed by atoms with E-state index >= 15 is 0 Å². The van der Waals surface area contributed by atoms with Gasteiger partial charge in [0.05, 0.1) is 0 Å². The molecule has 5 nitrogen and oxygen atoms in total. The van der Waals surface area contributed by atoms with Crippen LogP contribution in [0.15, 0.2) is 29.9 Å². The van der Waals surface area contributed by atoms with E-state index in [-0.39, 0.29) is 5.69 Å². The van der Waals surface area contributed by atoms with Crippen molar-refractivity contribution in [1.82, 2.24) is 4.98 Å². The summed E-state index contributed by atoms with van der Waals surface area (Å²) in [5.41, 5.74) is 6.12. The molecule has 0 unspecified atom stereocenters. The number of carbonyl (C=O) groups excluding carboxylic acids is 1. The van der Waals surface area contributed by atoms with E-state index < -0.39 is 5.91 Å². The van der Waals surface area contributed by atoms with Gasteiger partial charge in [0.25, 0.3) is 5.91 Å². The minimum atomic E-state index is -0.549. The summed E-state index contributed by atoms with van der Waals surface area (Å²) < 4.78 is 0.687. The number of amides is 1. The molecule has 2 aromatic rings. The highest BCUT2D eigenvalue weighted by Crippen LogP contribution is 2.22. The van der Waals surface area contributed by atoms with E-state index in [2.05, 4.69) is 4.98 Å². The second-order valence-electron chi connectivity index (χ2n) is 2.85. The zero-order valence-electron chi connectivity index (χ0n) is 7.58. The lowest BCUT2D eigenvalue weighted by Gasteiger charge is -1.96. The molecule has 2 rings (SSSR count). The first-order valence-electron chi connectivity index (χ1n) is 4.11. The molecular weight excluding hydrogens is 214 g/mol. The van der Waals surface area contributed by atoms with E-state index in [0.717, 1.165) is 5.56 Å². The SMILES string of the molecule is NC(=O)c1csc(-c2cc[n+]([O-])cc2)n1. The molecule has 0 saturated carbocycles. The summed E-state index contributed by atoms with van der Waals surface area (Å²) in [6.45, 7) is 0. The van der Waals surface area contributed by atoms with Crippen LogP contribution in [0.5, 0.6) is 0 Å². The van der Waals surface area contributed by atoms with Crippen LogP contribution >= 0.6 is 11.3 Å². The van der Waals surface area contributed by atoms with Crippen molar-refractivity contribution >= 4 is 17.2 Å². The van der Waals surface area contributed by atoms with Gasteiger partial charge in [-0.25, -0.2) is 4.98 Å². The van der Waals surface area contributed by atoms with E-state index in [1.807, 2.05) is 0 Å². The second-order valence-corrected chi connectivity index (χ2v) is 3.71. The Hall–Kier alpha value is -1.95. The number of rotatable bonds is 2. The number of hydrogen-bond donors (Lipinski definition) is 1. The van der Waals surface area contributed by atoms with Gasteiger partial charge in [-0.15, -0.1) is 11.3 Å². The van der Waals surface area contributed by atoms with Crippen molar-refractivity contribution in [2.75, 3.05) is 0 Å². The summed E-state index contributed by atoms with van der Waals surface area (Å²) in [6, 6.07) is 3.27. The maximum Gasteiger partial charge on any atom is 0.268 e. The number of carbonyl (C=O) groups is 1. The molecule has 0 bridgehead atoms. The smallest absolute Gasteiger partial charge is 0.268 e. The third-order valence-electron chi connectivity index (χ3n) is 1.81. The lowest BCUT2D eigenvalue weighted by atomic mass is 10.3. The molecule has 0 aliphatic heterocycles. The lowest BCUT2D eigenvalue weighted by Crippen LogP contribution is -2.23. The zero-order valence-corrected chi connectivity index (χ0v) is 8.40. The van der Waals surface area contributed by atoms with Gasteiger partial charge in [-0.3, -0.25) is 4.79 Å². The largest absolute Gasteiger partial charge is 0.619 e. The minimum absolute atomic E-state index is 0.244. The van der Waals surface area contributed by atoms with E-state index in [1.165, 1.54) is 23.7 Å². The number of hydrogen-bond acceptors (Lipinski definition) is 4. The van der Waals surface area contributed by atoms with E-state index in [9.17, 15) is 10.0 Å². The highest BCUT2D eigenvalue weighted by Gasteiger charge is 2.08. The van der Waals surface area contributed by atoms with Crippen LogP contribution in [0.4, 0.5) is 0 Å². The number of thiazole rings is 1. The van der Waals surface area contributed by atoms with E-state index in [4.69, 9.17) is 5.73 Å². The average molecular weight is 221 g/mol. The Balaban J connectivity index is 2.37. The monoisotopic (exact) mass is 221 g/mol. The zero-order chi connectivity index (χ0) is 10.8. The van der Waals surface area contributed by atoms with Gasteiger partial charge in [0, 0.05) is 23.1 Å². The molecule has 0 aliphatic rings. The molecule has 15 heavy (non-hydrogen) atoms. The summed E-state index contributed by atoms with van der Waals surface area (Å²) in [4.78, 5) is 14.9. The standard InChI is InChI=1S/C9H7N3O2S/c10-8(13)7-5-15-9(11-7)6-1-3-12(14)4-2-6/h1-5H,(H2,10,13). The molecule has 2 N–H and O–H groups in total.